The number of hydrogen-bond acceptors (Lipinski definition) is 7. The van der Waals surface area contributed by atoms with Gasteiger partial charge in [0.2, 0.25) is 0 Å². The highest BCUT2D eigenvalue weighted by Gasteiger charge is 2.41. The lowest BCUT2D eigenvalue weighted by atomic mass is 9.76. The first-order chi connectivity index (χ1) is 13.2. The molecular formula is C19H27NO8. The van der Waals surface area contributed by atoms with E-state index in [1.165, 1.54) is 5.56 Å². The molecule has 2 rings (SSSR count). The van der Waals surface area contributed by atoms with E-state index in [0.717, 1.165) is 32.4 Å². The molecule has 0 radical (unpaired) electrons. The topological polar surface area (TPSA) is 153 Å². The normalized spacial score (nSPS) is 20.8. The molecule has 1 aromatic rings. The van der Waals surface area contributed by atoms with E-state index in [1.54, 1.807) is 0 Å². The van der Waals surface area contributed by atoms with Crippen LogP contribution in [-0.4, -0.2) is 70.2 Å². The van der Waals surface area contributed by atoms with Gasteiger partial charge in [-0.3, -0.25) is 4.79 Å². The number of aliphatic carboxylic acids is 2. The van der Waals surface area contributed by atoms with E-state index in [1.807, 2.05) is 25.1 Å². The summed E-state index contributed by atoms with van der Waals surface area (Å²) in [7, 11) is 0. The van der Waals surface area contributed by atoms with E-state index in [4.69, 9.17) is 25.2 Å². The SMILES string of the molecule is CCOC(=O)[C@@]1(Cc2ccccc2)CCCNC1.O=C(O)[C@@H](O)[C@H](O)C(=O)O. The number of piperidine rings is 1. The summed E-state index contributed by atoms with van der Waals surface area (Å²) in [5, 5.41) is 35.9. The number of hydrogen-bond donors (Lipinski definition) is 5. The zero-order chi connectivity index (χ0) is 21.2. The van der Waals surface area contributed by atoms with Crippen molar-refractivity contribution in [2.24, 2.45) is 5.41 Å². The van der Waals surface area contributed by atoms with Crippen molar-refractivity contribution in [1.82, 2.24) is 5.32 Å². The van der Waals surface area contributed by atoms with E-state index in [2.05, 4.69) is 17.4 Å². The maximum Gasteiger partial charge on any atom is 0.335 e. The minimum Gasteiger partial charge on any atom is -0.479 e. The molecule has 0 aliphatic carbocycles. The van der Waals surface area contributed by atoms with Crippen LogP contribution in [0.15, 0.2) is 30.3 Å². The highest BCUT2D eigenvalue weighted by molar-refractivity contribution is 5.83. The molecule has 0 saturated carbocycles. The van der Waals surface area contributed by atoms with Gasteiger partial charge < -0.3 is 30.5 Å². The van der Waals surface area contributed by atoms with Crippen molar-refractivity contribution in [3.05, 3.63) is 35.9 Å². The predicted octanol–water partition coefficient (Wildman–Crippen LogP) is 0.0394. The molecule has 156 valence electrons. The third-order valence-electron chi connectivity index (χ3n) is 4.37. The second-order valence-corrected chi connectivity index (χ2v) is 6.51. The van der Waals surface area contributed by atoms with Gasteiger partial charge in [0.05, 0.1) is 12.0 Å². The number of carboxylic acid groups (broad SMARTS) is 2. The molecular weight excluding hydrogens is 370 g/mol. The fourth-order valence-electron chi connectivity index (χ4n) is 2.91. The molecule has 1 saturated heterocycles. The largest absolute Gasteiger partial charge is 0.479 e. The van der Waals surface area contributed by atoms with Crippen molar-refractivity contribution >= 4 is 17.9 Å². The average molecular weight is 397 g/mol. The van der Waals surface area contributed by atoms with Gasteiger partial charge in [-0.2, -0.15) is 0 Å². The molecule has 1 heterocycles. The highest BCUT2D eigenvalue weighted by Crippen LogP contribution is 2.32. The van der Waals surface area contributed by atoms with Crippen LogP contribution in [0.3, 0.4) is 0 Å². The number of nitrogens with one attached hydrogen (secondary N) is 1. The van der Waals surface area contributed by atoms with E-state index < -0.39 is 24.1 Å². The Morgan fingerprint density at radius 1 is 1.11 bits per heavy atom. The Morgan fingerprint density at radius 3 is 2.11 bits per heavy atom. The monoisotopic (exact) mass is 397 g/mol. The van der Waals surface area contributed by atoms with Crippen molar-refractivity contribution in [2.45, 2.75) is 38.4 Å². The molecule has 0 aromatic heterocycles. The van der Waals surface area contributed by atoms with Crippen LogP contribution in [0.4, 0.5) is 0 Å². The second-order valence-electron chi connectivity index (χ2n) is 6.51. The van der Waals surface area contributed by atoms with Crippen molar-refractivity contribution in [1.29, 1.82) is 0 Å². The van der Waals surface area contributed by atoms with Gasteiger partial charge in [-0.1, -0.05) is 30.3 Å². The number of carbonyl (C=O) groups excluding carboxylic acids is 1. The standard InChI is InChI=1S/C15H21NO2.C4H6O6/c1-2-18-14(17)15(9-6-10-16-12-15)11-13-7-4-3-5-8-13;5-1(3(7)8)2(6)4(9)10/h3-5,7-8,16H,2,6,9-12H2,1H3;1-2,5-6H,(H,7,8)(H,9,10)/t15-;1-,2-/m10/s1. The Balaban J connectivity index is 0.000000336. The van der Waals surface area contributed by atoms with E-state index >= 15 is 0 Å². The molecule has 28 heavy (non-hydrogen) atoms. The first-order valence-corrected chi connectivity index (χ1v) is 8.97. The number of benzene rings is 1. The number of ether oxygens (including phenoxy) is 1. The second kappa shape index (κ2) is 11.4. The lowest BCUT2D eigenvalue weighted by Crippen LogP contribution is -2.47. The summed E-state index contributed by atoms with van der Waals surface area (Å²) in [6.07, 6.45) is -1.83. The van der Waals surface area contributed by atoms with Crippen LogP contribution in [0.1, 0.15) is 25.3 Å². The van der Waals surface area contributed by atoms with Gasteiger partial charge >= 0.3 is 17.9 Å². The van der Waals surface area contributed by atoms with Gasteiger partial charge in [-0.05, 0) is 38.3 Å². The van der Waals surface area contributed by atoms with Gasteiger partial charge in [-0.15, -0.1) is 0 Å². The Morgan fingerprint density at radius 2 is 1.68 bits per heavy atom. The molecule has 1 fully saturated rings. The summed E-state index contributed by atoms with van der Waals surface area (Å²) >= 11 is 0. The number of aliphatic hydroxyl groups excluding tert-OH is 2. The maximum atomic E-state index is 12.3. The van der Waals surface area contributed by atoms with Crippen molar-refractivity contribution in [2.75, 3.05) is 19.7 Å². The molecule has 9 nitrogen and oxygen atoms in total. The quantitative estimate of drug-likeness (QED) is 0.401. The van der Waals surface area contributed by atoms with Gasteiger partial charge in [0.25, 0.3) is 0 Å². The van der Waals surface area contributed by atoms with Gasteiger partial charge in [-0.25, -0.2) is 9.59 Å². The zero-order valence-electron chi connectivity index (χ0n) is 15.7. The molecule has 5 N–H and O–H groups in total. The van der Waals surface area contributed by atoms with Gasteiger partial charge in [0.15, 0.2) is 12.2 Å². The Bertz CT molecular complexity index is 625. The van der Waals surface area contributed by atoms with Crippen LogP contribution in [0.2, 0.25) is 0 Å². The Labute approximate surface area is 163 Å². The summed E-state index contributed by atoms with van der Waals surface area (Å²) in [4.78, 5) is 31.8. The van der Waals surface area contributed by atoms with Gasteiger partial charge in [0, 0.05) is 6.54 Å². The molecule has 0 amide bonds. The minimum absolute atomic E-state index is 0.0546. The molecule has 0 unspecified atom stereocenters. The summed E-state index contributed by atoms with van der Waals surface area (Å²) in [5.41, 5.74) is 0.824. The Hall–Kier alpha value is -2.49. The first kappa shape index (κ1) is 23.5. The fraction of sp³-hybridized carbons (Fsp3) is 0.526. The molecule has 1 aliphatic heterocycles. The third kappa shape index (κ3) is 6.91. The molecule has 1 aromatic carbocycles. The van der Waals surface area contributed by atoms with E-state index in [0.29, 0.717) is 6.61 Å². The van der Waals surface area contributed by atoms with E-state index in [-0.39, 0.29) is 11.4 Å². The molecule has 1 aliphatic rings. The van der Waals surface area contributed by atoms with E-state index in [9.17, 15) is 14.4 Å². The fourth-order valence-corrected chi connectivity index (χ4v) is 2.91. The summed E-state index contributed by atoms with van der Waals surface area (Å²) in [5.74, 6) is -3.59. The zero-order valence-corrected chi connectivity index (χ0v) is 15.7. The van der Waals surface area contributed by atoms with Crippen LogP contribution in [0.25, 0.3) is 0 Å². The summed E-state index contributed by atoms with van der Waals surface area (Å²) in [6.45, 7) is 4.04. The maximum absolute atomic E-state index is 12.3. The average Bonchev–Trinajstić information content (AvgIpc) is 2.68. The number of carbonyl (C=O) groups is 3. The number of esters is 1. The molecule has 9 heteroatoms. The van der Waals surface area contributed by atoms with Crippen molar-refractivity contribution in [3.63, 3.8) is 0 Å². The first-order valence-electron chi connectivity index (χ1n) is 8.97. The van der Waals surface area contributed by atoms with Crippen molar-refractivity contribution < 1.29 is 39.5 Å². The lowest BCUT2D eigenvalue weighted by molar-refractivity contribution is -0.165. The highest BCUT2D eigenvalue weighted by atomic mass is 16.5. The van der Waals surface area contributed by atoms with Crippen LogP contribution in [-0.2, 0) is 25.5 Å². The Kier molecular flexibility index (Phi) is 9.57. The number of rotatable bonds is 7. The summed E-state index contributed by atoms with van der Waals surface area (Å²) < 4.78 is 5.28. The molecule has 0 spiro atoms. The summed E-state index contributed by atoms with van der Waals surface area (Å²) in [6, 6.07) is 10.2. The molecule has 0 bridgehead atoms. The van der Waals surface area contributed by atoms with Crippen LogP contribution < -0.4 is 5.32 Å². The molecule has 3 atom stereocenters. The smallest absolute Gasteiger partial charge is 0.335 e. The number of carboxylic acids is 2. The van der Waals surface area contributed by atoms with Gasteiger partial charge in [0.1, 0.15) is 0 Å². The number of aliphatic hydroxyl groups is 2. The lowest BCUT2D eigenvalue weighted by Gasteiger charge is -2.35. The van der Waals surface area contributed by atoms with Crippen molar-refractivity contribution in [3.8, 4) is 0 Å². The van der Waals surface area contributed by atoms with Crippen LogP contribution >= 0.6 is 0 Å². The van der Waals surface area contributed by atoms with Crippen LogP contribution in [0.5, 0.6) is 0 Å². The minimum atomic E-state index is -2.27. The van der Waals surface area contributed by atoms with Crippen LogP contribution in [0, 0.1) is 5.41 Å². The third-order valence-corrected chi connectivity index (χ3v) is 4.37. The predicted molar refractivity (Wildman–Crippen MR) is 98.6 cm³/mol.